The zero-order chi connectivity index (χ0) is 14.3. The van der Waals surface area contributed by atoms with E-state index in [1.165, 1.54) is 29.8 Å². The lowest BCUT2D eigenvalue weighted by Crippen LogP contribution is -2.27. The fourth-order valence-electron chi connectivity index (χ4n) is 2.34. The van der Waals surface area contributed by atoms with E-state index in [0.29, 0.717) is 16.5 Å². The van der Waals surface area contributed by atoms with E-state index in [4.69, 9.17) is 0 Å². The summed E-state index contributed by atoms with van der Waals surface area (Å²) in [4.78, 5) is 23.4. The molecule has 1 heterocycles. The number of halogens is 1. The lowest BCUT2D eigenvalue weighted by atomic mass is 9.93. The number of hydrogen-bond acceptors (Lipinski definition) is 2. The Morgan fingerprint density at radius 3 is 2.53 bits per heavy atom. The second-order valence-corrected chi connectivity index (χ2v) is 4.77. The van der Waals surface area contributed by atoms with Gasteiger partial charge in [-0.05, 0) is 29.7 Å². The minimum absolute atomic E-state index is 0.145. The van der Waals surface area contributed by atoms with E-state index in [0.717, 1.165) is 0 Å². The maximum absolute atomic E-state index is 13.3. The van der Waals surface area contributed by atoms with Crippen LogP contribution in [-0.2, 0) is 7.05 Å². The number of carboxylic acid groups (broad SMARTS) is 1. The Morgan fingerprint density at radius 2 is 2.00 bits per heavy atom. The molecule has 0 unspecified atom stereocenters. The summed E-state index contributed by atoms with van der Waals surface area (Å²) in [5, 5.41) is 9.84. The van der Waals surface area contributed by atoms with Crippen LogP contribution < -0.4 is 5.56 Å². The predicted octanol–water partition coefficient (Wildman–Crippen LogP) is 2.50. The summed E-state index contributed by atoms with van der Waals surface area (Å²) in [5.74, 6) is -1.86. The van der Waals surface area contributed by atoms with Crippen molar-refractivity contribution in [2.75, 3.05) is 0 Å². The first kappa shape index (κ1) is 13.3. The Hall–Kier alpha value is -2.17. The summed E-state index contributed by atoms with van der Waals surface area (Å²) in [6.07, 6.45) is 0. The lowest BCUT2D eigenvalue weighted by molar-refractivity contribution is 0.0693. The van der Waals surface area contributed by atoms with Crippen molar-refractivity contribution in [3.05, 3.63) is 45.5 Å². The lowest BCUT2D eigenvalue weighted by Gasteiger charge is -2.16. The number of rotatable bonds is 2. The van der Waals surface area contributed by atoms with Crippen LogP contribution in [0.4, 0.5) is 4.39 Å². The smallest absolute Gasteiger partial charge is 0.341 e. The van der Waals surface area contributed by atoms with Crippen molar-refractivity contribution < 1.29 is 14.3 Å². The van der Waals surface area contributed by atoms with Crippen LogP contribution in [-0.4, -0.2) is 15.6 Å². The highest BCUT2D eigenvalue weighted by atomic mass is 19.1. The summed E-state index contributed by atoms with van der Waals surface area (Å²) in [7, 11) is 1.45. The van der Waals surface area contributed by atoms with Crippen LogP contribution in [0.15, 0.2) is 23.0 Å². The van der Waals surface area contributed by atoms with E-state index in [1.54, 1.807) is 0 Å². The molecule has 0 saturated heterocycles. The van der Waals surface area contributed by atoms with Crippen LogP contribution in [0.1, 0.15) is 35.7 Å². The number of hydrogen-bond donors (Lipinski definition) is 1. The second-order valence-electron chi connectivity index (χ2n) is 4.77. The molecule has 0 radical (unpaired) electrons. The van der Waals surface area contributed by atoms with Crippen LogP contribution >= 0.6 is 0 Å². The predicted molar refractivity (Wildman–Crippen MR) is 70.2 cm³/mol. The number of aryl methyl sites for hydroxylation is 1. The summed E-state index contributed by atoms with van der Waals surface area (Å²) in [6, 6.07) is 4.03. The second kappa shape index (κ2) is 4.50. The molecule has 0 bridgehead atoms. The van der Waals surface area contributed by atoms with Gasteiger partial charge in [0.1, 0.15) is 11.4 Å². The Bertz CT molecular complexity index is 732. The normalized spacial score (nSPS) is 11.2. The average Bonchev–Trinajstić information content (AvgIpc) is 2.32. The first-order valence-electron chi connectivity index (χ1n) is 5.90. The number of pyridine rings is 1. The van der Waals surface area contributed by atoms with Gasteiger partial charge in [0.2, 0.25) is 0 Å². The number of nitrogens with zero attached hydrogens (tertiary/aromatic N) is 1. The highest BCUT2D eigenvalue weighted by molar-refractivity contribution is 5.96. The van der Waals surface area contributed by atoms with E-state index in [1.807, 2.05) is 13.8 Å². The van der Waals surface area contributed by atoms with Crippen LogP contribution in [0.2, 0.25) is 0 Å². The molecule has 0 saturated carbocycles. The number of fused-ring (bicyclic) bond motifs is 1. The number of aromatic nitrogens is 1. The van der Waals surface area contributed by atoms with Crippen molar-refractivity contribution in [3.63, 3.8) is 0 Å². The first-order chi connectivity index (χ1) is 8.84. The minimum Gasteiger partial charge on any atom is -0.477 e. The van der Waals surface area contributed by atoms with E-state index >= 15 is 0 Å². The fourth-order valence-corrected chi connectivity index (χ4v) is 2.34. The van der Waals surface area contributed by atoms with Crippen molar-refractivity contribution in [2.24, 2.45) is 7.05 Å². The Kier molecular flexibility index (Phi) is 3.14. The molecule has 100 valence electrons. The summed E-state index contributed by atoms with van der Waals surface area (Å²) < 4.78 is 14.5. The van der Waals surface area contributed by atoms with Crippen molar-refractivity contribution in [1.82, 2.24) is 4.57 Å². The topological polar surface area (TPSA) is 59.3 Å². The van der Waals surface area contributed by atoms with Gasteiger partial charge in [-0.15, -0.1) is 0 Å². The molecule has 1 aromatic carbocycles. The van der Waals surface area contributed by atoms with Crippen LogP contribution in [0.3, 0.4) is 0 Å². The largest absolute Gasteiger partial charge is 0.477 e. The molecule has 0 aliphatic heterocycles. The molecule has 0 spiro atoms. The third kappa shape index (κ3) is 2.01. The van der Waals surface area contributed by atoms with Crippen molar-refractivity contribution >= 4 is 16.9 Å². The monoisotopic (exact) mass is 263 g/mol. The van der Waals surface area contributed by atoms with E-state index < -0.39 is 17.3 Å². The van der Waals surface area contributed by atoms with Crippen molar-refractivity contribution in [3.8, 4) is 0 Å². The van der Waals surface area contributed by atoms with E-state index in [9.17, 15) is 19.1 Å². The minimum atomic E-state index is -1.25. The highest BCUT2D eigenvalue weighted by Gasteiger charge is 2.22. The third-order valence-corrected chi connectivity index (χ3v) is 3.19. The molecule has 5 heteroatoms. The summed E-state index contributed by atoms with van der Waals surface area (Å²) in [6.45, 7) is 3.62. The molecule has 1 N–H and O–H groups in total. The molecular formula is C14H14FNO3. The van der Waals surface area contributed by atoms with Gasteiger partial charge in [-0.2, -0.15) is 0 Å². The first-order valence-corrected chi connectivity index (χ1v) is 5.90. The fraction of sp³-hybridized carbons (Fsp3) is 0.286. The SMILES string of the molecule is CC(C)c1c(C(=O)O)c(=O)n(C)c2cc(F)ccc12. The summed E-state index contributed by atoms with van der Waals surface area (Å²) >= 11 is 0. The van der Waals surface area contributed by atoms with Crippen molar-refractivity contribution in [1.29, 1.82) is 0 Å². The average molecular weight is 263 g/mol. The number of benzene rings is 1. The molecule has 0 amide bonds. The molecule has 2 aromatic rings. The van der Waals surface area contributed by atoms with Gasteiger partial charge in [0, 0.05) is 12.4 Å². The number of carboxylic acids is 1. The third-order valence-electron chi connectivity index (χ3n) is 3.19. The van der Waals surface area contributed by atoms with Gasteiger partial charge in [0.05, 0.1) is 5.52 Å². The molecular weight excluding hydrogens is 249 g/mol. The molecule has 0 aliphatic rings. The highest BCUT2D eigenvalue weighted by Crippen LogP contribution is 2.27. The maximum Gasteiger partial charge on any atom is 0.341 e. The zero-order valence-corrected chi connectivity index (χ0v) is 10.9. The molecule has 19 heavy (non-hydrogen) atoms. The Labute approximate surface area is 109 Å². The molecule has 0 fully saturated rings. The van der Waals surface area contributed by atoms with E-state index in [-0.39, 0.29) is 11.5 Å². The van der Waals surface area contributed by atoms with Crippen LogP contribution in [0.5, 0.6) is 0 Å². The molecule has 1 aromatic heterocycles. The number of aromatic carboxylic acids is 1. The maximum atomic E-state index is 13.3. The molecule has 2 rings (SSSR count). The number of carbonyl (C=O) groups is 1. The van der Waals surface area contributed by atoms with Crippen LogP contribution in [0.25, 0.3) is 10.9 Å². The molecule has 0 atom stereocenters. The molecule has 0 aliphatic carbocycles. The Morgan fingerprint density at radius 1 is 1.37 bits per heavy atom. The zero-order valence-electron chi connectivity index (χ0n) is 10.9. The van der Waals surface area contributed by atoms with Gasteiger partial charge in [-0.25, -0.2) is 9.18 Å². The Balaban J connectivity index is 3.09. The molecule has 4 nitrogen and oxygen atoms in total. The van der Waals surface area contributed by atoms with Gasteiger partial charge in [-0.3, -0.25) is 4.79 Å². The van der Waals surface area contributed by atoms with Crippen molar-refractivity contribution in [2.45, 2.75) is 19.8 Å². The standard InChI is InChI=1S/C14H14FNO3/c1-7(2)11-9-5-4-8(15)6-10(9)16(3)13(17)12(11)14(18)19/h4-7H,1-3H3,(H,18,19). The summed E-state index contributed by atoms with van der Waals surface area (Å²) in [5.41, 5.74) is -0.00444. The van der Waals surface area contributed by atoms with Gasteiger partial charge in [0.25, 0.3) is 5.56 Å². The quantitative estimate of drug-likeness (QED) is 0.905. The van der Waals surface area contributed by atoms with Gasteiger partial charge < -0.3 is 9.67 Å². The van der Waals surface area contributed by atoms with E-state index in [2.05, 4.69) is 0 Å². The van der Waals surface area contributed by atoms with Gasteiger partial charge in [0.15, 0.2) is 0 Å². The van der Waals surface area contributed by atoms with Gasteiger partial charge >= 0.3 is 5.97 Å². The van der Waals surface area contributed by atoms with Crippen LogP contribution in [0, 0.1) is 5.82 Å². The van der Waals surface area contributed by atoms with Gasteiger partial charge in [-0.1, -0.05) is 13.8 Å².